The predicted molar refractivity (Wildman–Crippen MR) is 64.8 cm³/mol. The van der Waals surface area contributed by atoms with Gasteiger partial charge >= 0.3 is 0 Å². The van der Waals surface area contributed by atoms with Crippen molar-refractivity contribution in [2.75, 3.05) is 5.32 Å². The van der Waals surface area contributed by atoms with Gasteiger partial charge in [-0.2, -0.15) is 0 Å². The fraction of sp³-hybridized carbons (Fsp3) is 0.143. The van der Waals surface area contributed by atoms with E-state index in [0.717, 1.165) is 23.8 Å². The standard InChI is InChI=1S/C14H12F3N/c1-9-4-12(16)7-13(5-9)18-8-10-6-11(15)2-3-14(10)17/h2-7,18H,8H2,1H3. The van der Waals surface area contributed by atoms with E-state index in [9.17, 15) is 13.2 Å². The van der Waals surface area contributed by atoms with Crippen molar-refractivity contribution in [3.63, 3.8) is 0 Å². The summed E-state index contributed by atoms with van der Waals surface area (Å²) >= 11 is 0. The molecule has 0 unspecified atom stereocenters. The average Bonchev–Trinajstić information content (AvgIpc) is 2.29. The highest BCUT2D eigenvalue weighted by molar-refractivity contribution is 5.46. The van der Waals surface area contributed by atoms with Crippen LogP contribution in [0.1, 0.15) is 11.1 Å². The maximum Gasteiger partial charge on any atom is 0.128 e. The molecule has 0 spiro atoms. The van der Waals surface area contributed by atoms with Gasteiger partial charge in [0.05, 0.1) is 0 Å². The van der Waals surface area contributed by atoms with E-state index in [1.54, 1.807) is 13.0 Å². The number of aryl methyl sites for hydroxylation is 1. The van der Waals surface area contributed by atoms with Crippen LogP contribution in [0.15, 0.2) is 36.4 Å². The highest BCUT2D eigenvalue weighted by Gasteiger charge is 2.04. The molecule has 0 aliphatic carbocycles. The van der Waals surface area contributed by atoms with E-state index in [2.05, 4.69) is 5.32 Å². The second kappa shape index (κ2) is 5.12. The van der Waals surface area contributed by atoms with Gasteiger partial charge in [-0.05, 0) is 48.9 Å². The van der Waals surface area contributed by atoms with Crippen LogP contribution in [0, 0.1) is 24.4 Å². The number of hydrogen-bond donors (Lipinski definition) is 1. The molecule has 0 fully saturated rings. The lowest BCUT2D eigenvalue weighted by Crippen LogP contribution is -2.03. The molecule has 2 aromatic carbocycles. The molecule has 0 saturated carbocycles. The zero-order valence-electron chi connectivity index (χ0n) is 9.81. The Labute approximate surface area is 103 Å². The molecule has 0 amide bonds. The van der Waals surface area contributed by atoms with Gasteiger partial charge in [-0.3, -0.25) is 0 Å². The SMILES string of the molecule is Cc1cc(F)cc(NCc2cc(F)ccc2F)c1. The van der Waals surface area contributed by atoms with Crippen molar-refractivity contribution in [1.82, 2.24) is 0 Å². The summed E-state index contributed by atoms with van der Waals surface area (Å²) in [6, 6.07) is 7.70. The molecule has 0 bridgehead atoms. The van der Waals surface area contributed by atoms with Gasteiger partial charge in [-0.15, -0.1) is 0 Å². The first kappa shape index (κ1) is 12.5. The van der Waals surface area contributed by atoms with E-state index in [1.807, 2.05) is 0 Å². The van der Waals surface area contributed by atoms with E-state index in [-0.39, 0.29) is 17.9 Å². The number of benzene rings is 2. The lowest BCUT2D eigenvalue weighted by Gasteiger charge is -2.08. The van der Waals surface area contributed by atoms with E-state index < -0.39 is 11.6 Å². The maximum atomic E-state index is 13.4. The van der Waals surface area contributed by atoms with Crippen molar-refractivity contribution in [2.24, 2.45) is 0 Å². The molecule has 2 rings (SSSR count). The first-order valence-electron chi connectivity index (χ1n) is 5.49. The number of halogens is 3. The first-order chi connectivity index (χ1) is 8.54. The van der Waals surface area contributed by atoms with Crippen LogP contribution < -0.4 is 5.32 Å². The summed E-state index contributed by atoms with van der Waals surface area (Å²) in [5.41, 5.74) is 1.50. The van der Waals surface area contributed by atoms with Crippen LogP contribution in [-0.4, -0.2) is 0 Å². The third-order valence-corrected chi connectivity index (χ3v) is 2.53. The largest absolute Gasteiger partial charge is 0.381 e. The van der Waals surface area contributed by atoms with Crippen molar-refractivity contribution < 1.29 is 13.2 Å². The zero-order chi connectivity index (χ0) is 13.1. The fourth-order valence-corrected chi connectivity index (χ4v) is 1.71. The minimum Gasteiger partial charge on any atom is -0.381 e. The van der Waals surface area contributed by atoms with Crippen molar-refractivity contribution in [3.8, 4) is 0 Å². The molecule has 0 heterocycles. The number of anilines is 1. The van der Waals surface area contributed by atoms with E-state index in [1.165, 1.54) is 12.1 Å². The van der Waals surface area contributed by atoms with Crippen LogP contribution in [0.4, 0.5) is 18.9 Å². The summed E-state index contributed by atoms with van der Waals surface area (Å²) in [4.78, 5) is 0. The van der Waals surface area contributed by atoms with Crippen molar-refractivity contribution in [2.45, 2.75) is 13.5 Å². The topological polar surface area (TPSA) is 12.0 Å². The highest BCUT2D eigenvalue weighted by Crippen LogP contribution is 2.16. The van der Waals surface area contributed by atoms with Gasteiger partial charge < -0.3 is 5.32 Å². The molecule has 94 valence electrons. The van der Waals surface area contributed by atoms with Crippen LogP contribution in [0.25, 0.3) is 0 Å². The normalized spacial score (nSPS) is 10.4. The van der Waals surface area contributed by atoms with Gasteiger partial charge in [0, 0.05) is 17.8 Å². The Balaban J connectivity index is 2.13. The summed E-state index contributed by atoms with van der Waals surface area (Å²) in [5, 5.41) is 2.86. The van der Waals surface area contributed by atoms with Gasteiger partial charge in [0.1, 0.15) is 17.5 Å². The Hall–Kier alpha value is -1.97. The molecular formula is C14H12F3N. The molecule has 0 radical (unpaired) electrons. The van der Waals surface area contributed by atoms with E-state index in [0.29, 0.717) is 5.69 Å². The first-order valence-corrected chi connectivity index (χ1v) is 5.49. The van der Waals surface area contributed by atoms with Gasteiger partial charge in [0.2, 0.25) is 0 Å². The van der Waals surface area contributed by atoms with Gasteiger partial charge in [0.25, 0.3) is 0 Å². The Morgan fingerprint density at radius 3 is 2.44 bits per heavy atom. The Morgan fingerprint density at radius 1 is 0.944 bits per heavy atom. The second-order valence-corrected chi connectivity index (χ2v) is 4.11. The minimum atomic E-state index is -0.497. The molecule has 0 atom stereocenters. The summed E-state index contributed by atoms with van der Waals surface area (Å²) in [6.07, 6.45) is 0. The van der Waals surface area contributed by atoms with E-state index >= 15 is 0 Å². The number of hydrogen-bond acceptors (Lipinski definition) is 1. The molecule has 0 aliphatic rings. The Bertz CT molecular complexity index is 547. The molecule has 0 aromatic heterocycles. The van der Waals surface area contributed by atoms with Crippen LogP contribution >= 0.6 is 0 Å². The fourth-order valence-electron chi connectivity index (χ4n) is 1.71. The Morgan fingerprint density at radius 2 is 1.72 bits per heavy atom. The summed E-state index contributed by atoms with van der Waals surface area (Å²) in [6.45, 7) is 1.86. The summed E-state index contributed by atoms with van der Waals surface area (Å²) < 4.78 is 39.4. The molecule has 1 nitrogen and oxygen atoms in total. The summed E-state index contributed by atoms with van der Waals surface area (Å²) in [7, 11) is 0. The third-order valence-electron chi connectivity index (χ3n) is 2.53. The molecule has 4 heteroatoms. The lowest BCUT2D eigenvalue weighted by atomic mass is 10.2. The van der Waals surface area contributed by atoms with Crippen LogP contribution in [0.5, 0.6) is 0 Å². The lowest BCUT2D eigenvalue weighted by molar-refractivity contribution is 0.587. The quantitative estimate of drug-likeness (QED) is 0.868. The van der Waals surface area contributed by atoms with Gasteiger partial charge in [-0.25, -0.2) is 13.2 Å². The molecular weight excluding hydrogens is 239 g/mol. The van der Waals surface area contributed by atoms with Gasteiger partial charge in [0.15, 0.2) is 0 Å². The van der Waals surface area contributed by atoms with Crippen molar-refractivity contribution in [1.29, 1.82) is 0 Å². The molecule has 18 heavy (non-hydrogen) atoms. The number of rotatable bonds is 3. The maximum absolute atomic E-state index is 13.4. The number of nitrogens with one attached hydrogen (secondary N) is 1. The Kier molecular flexibility index (Phi) is 3.55. The smallest absolute Gasteiger partial charge is 0.128 e. The monoisotopic (exact) mass is 251 g/mol. The molecule has 1 N–H and O–H groups in total. The summed E-state index contributed by atoms with van der Waals surface area (Å²) in [5.74, 6) is -1.35. The average molecular weight is 251 g/mol. The molecule has 0 aliphatic heterocycles. The van der Waals surface area contributed by atoms with Gasteiger partial charge in [-0.1, -0.05) is 0 Å². The highest BCUT2D eigenvalue weighted by atomic mass is 19.1. The molecule has 0 saturated heterocycles. The van der Waals surface area contributed by atoms with E-state index in [4.69, 9.17) is 0 Å². The molecule has 2 aromatic rings. The third kappa shape index (κ3) is 3.03. The van der Waals surface area contributed by atoms with Crippen molar-refractivity contribution >= 4 is 5.69 Å². The zero-order valence-corrected chi connectivity index (χ0v) is 9.81. The van der Waals surface area contributed by atoms with Crippen LogP contribution in [-0.2, 0) is 6.54 Å². The minimum absolute atomic E-state index is 0.104. The van der Waals surface area contributed by atoms with Crippen LogP contribution in [0.3, 0.4) is 0 Å². The predicted octanol–water partition coefficient (Wildman–Crippen LogP) is 4.02. The second-order valence-electron chi connectivity index (χ2n) is 4.11. The van der Waals surface area contributed by atoms with Crippen molar-refractivity contribution in [3.05, 3.63) is 65.0 Å². The van der Waals surface area contributed by atoms with Crippen LogP contribution in [0.2, 0.25) is 0 Å².